The van der Waals surface area contributed by atoms with Crippen LogP contribution in [0, 0.1) is 0 Å². The molecule has 0 amide bonds. The second kappa shape index (κ2) is 27.1. The molecule has 0 saturated carbocycles. The van der Waals surface area contributed by atoms with Gasteiger partial charge in [-0.05, 0) is 0 Å². The predicted molar refractivity (Wildman–Crippen MR) is 223 cm³/mol. The number of nitrogens with one attached hydrogen (secondary N) is 2. The van der Waals surface area contributed by atoms with E-state index in [9.17, 15) is 28.8 Å². The van der Waals surface area contributed by atoms with Crippen molar-refractivity contribution in [2.45, 2.75) is 41.5 Å². The number of hydrogen-bond donors (Lipinski definition) is 2. The third-order valence-electron chi connectivity index (χ3n) is 6.60. The molecule has 0 saturated heterocycles. The summed E-state index contributed by atoms with van der Waals surface area (Å²) >= 11 is 0. The van der Waals surface area contributed by atoms with Crippen LogP contribution in [0.1, 0.15) is 41.5 Å². The zero-order valence-corrected chi connectivity index (χ0v) is 37.9. The first-order valence-corrected chi connectivity index (χ1v) is 23.3. The van der Waals surface area contributed by atoms with E-state index < -0.39 is 59.5 Å². The fraction of sp³-hybridized carbons (Fsp3) is 0.500. The van der Waals surface area contributed by atoms with Crippen LogP contribution in [-0.2, 0) is 84.3 Å². The van der Waals surface area contributed by atoms with Crippen LogP contribution in [0.3, 0.4) is 0 Å². The van der Waals surface area contributed by atoms with Crippen molar-refractivity contribution in [1.29, 1.82) is 0 Å². The van der Waals surface area contributed by atoms with E-state index in [4.69, 9.17) is 60.1 Å². The zero-order valence-electron chi connectivity index (χ0n) is 35.0. The monoisotopic (exact) mass is 913 g/mol. The summed E-state index contributed by atoms with van der Waals surface area (Å²) in [5, 5.41) is 0. The van der Waals surface area contributed by atoms with Crippen molar-refractivity contribution < 1.29 is 84.3 Å². The van der Waals surface area contributed by atoms with E-state index in [1.807, 2.05) is 0 Å². The van der Waals surface area contributed by atoms with Gasteiger partial charge in [-0.15, -0.1) is 0 Å². The summed E-state index contributed by atoms with van der Waals surface area (Å²) in [4.78, 5) is 79.5. The van der Waals surface area contributed by atoms with E-state index >= 15 is 0 Å². The fourth-order valence-electron chi connectivity index (χ4n) is 3.75. The summed E-state index contributed by atoms with van der Waals surface area (Å²) in [5.74, 6) is -4.31. The van der Waals surface area contributed by atoms with Gasteiger partial charge < -0.3 is 0 Å². The zero-order chi connectivity index (χ0) is 45.5. The van der Waals surface area contributed by atoms with Crippen molar-refractivity contribution in [3.8, 4) is 0 Å². The molecule has 0 atom stereocenters. The number of nitrogens with zero attached hydrogens (tertiary/aromatic N) is 1. The number of rotatable bonds is 30. The molecular weight excluding hydrogens is 855 g/mol. The molecule has 0 aromatic carbocycles. The minimum absolute atomic E-state index is 0.112. The first kappa shape index (κ1) is 54.0. The van der Waals surface area contributed by atoms with E-state index in [-0.39, 0.29) is 113 Å². The predicted octanol–water partition coefficient (Wildman–Crippen LogP) is 4.76. The Kier molecular flexibility index (Phi) is 24.4. The molecule has 0 bridgehead atoms. The summed E-state index contributed by atoms with van der Waals surface area (Å²) in [6, 6.07) is 0. The van der Waals surface area contributed by atoms with E-state index in [0.29, 0.717) is 0 Å². The molecule has 1 aliphatic heterocycles. The Hall–Kier alpha value is -3.97. The SMILES string of the molecule is C=C(C)C(=O)OCCOP1(OCCOC(=O)C(=C)C)=N[PH](OCCOC(=O)C(=C)C)(OCCOC(=O)C(=C)C)N[PH](OCCOC(=O)C(=C)C)(OCCOC(=O)C(=C)C)N1. The van der Waals surface area contributed by atoms with Gasteiger partial charge in [0.15, 0.2) is 0 Å². The molecule has 21 nitrogen and oxygen atoms in total. The molecule has 0 spiro atoms. The molecule has 24 heteroatoms. The molecule has 0 aromatic heterocycles. The van der Waals surface area contributed by atoms with Crippen LogP contribution >= 0.6 is 23.7 Å². The molecule has 0 aromatic rings. The Morgan fingerprint density at radius 3 is 0.933 bits per heavy atom. The van der Waals surface area contributed by atoms with Crippen LogP contribution in [0.25, 0.3) is 0 Å². The number of hydrogen-bond acceptors (Lipinski definition) is 21. The van der Waals surface area contributed by atoms with Crippen LogP contribution in [0.2, 0.25) is 0 Å². The molecule has 60 heavy (non-hydrogen) atoms. The van der Waals surface area contributed by atoms with Crippen LogP contribution < -0.4 is 9.72 Å². The second-order valence-corrected chi connectivity index (χ2v) is 20.4. The Labute approximate surface area is 351 Å². The number of carbonyl (C=O) groups excluding carboxylic acids is 6. The van der Waals surface area contributed by atoms with Gasteiger partial charge >= 0.3 is 352 Å². The van der Waals surface area contributed by atoms with E-state index in [1.165, 1.54) is 41.5 Å². The average Bonchev–Trinajstić information content (AvgIpc) is 3.18. The van der Waals surface area contributed by atoms with Crippen LogP contribution in [0.4, 0.5) is 0 Å². The quantitative estimate of drug-likeness (QED) is 0.0324. The topological polar surface area (TPSA) is 250 Å². The maximum atomic E-state index is 12.2. The maximum absolute atomic E-state index is 12.2. The minimum atomic E-state index is -4.54. The molecule has 2 N–H and O–H groups in total. The van der Waals surface area contributed by atoms with Gasteiger partial charge in [0, 0.05) is 0 Å². The van der Waals surface area contributed by atoms with Gasteiger partial charge in [0.05, 0.1) is 0 Å². The van der Waals surface area contributed by atoms with Gasteiger partial charge in [0.25, 0.3) is 0 Å². The average molecular weight is 914 g/mol. The molecule has 0 aliphatic carbocycles. The van der Waals surface area contributed by atoms with Crippen molar-refractivity contribution in [3.05, 3.63) is 72.9 Å². The van der Waals surface area contributed by atoms with E-state index in [0.717, 1.165) is 0 Å². The summed E-state index contributed by atoms with van der Waals surface area (Å²) in [7, 11) is -13.1. The standard InChI is InChI=1S/C36H58N3O18P3/c1-25(2)31(40)46-13-19-52-58(53-20-14-47-32(41)26(3)4)37-59(54-21-15-48-33(42)27(5)6,55-22-16-49-34(43)28(7)8)39-60(38-58,56-23-17-50-35(44)29(9)10)57-24-18-51-36(45)30(11)12/h37-38,58-59H,1,3,5,7,9,11,13-24H2,2,4,6,8,10,12H3. The number of ether oxygens (including phenoxy) is 6. The summed E-state index contributed by atoms with van der Waals surface area (Å²) in [6.45, 7) is 25.7. The van der Waals surface area contributed by atoms with Gasteiger partial charge in [-0.2, -0.15) is 0 Å². The molecule has 340 valence electrons. The Morgan fingerprint density at radius 2 is 0.667 bits per heavy atom. The third-order valence-corrected chi connectivity index (χ3v) is 17.1. The molecule has 1 rings (SSSR count). The van der Waals surface area contributed by atoms with Crippen LogP contribution in [0.15, 0.2) is 77.4 Å². The first-order valence-electron chi connectivity index (χ1n) is 18.1. The van der Waals surface area contributed by atoms with Crippen molar-refractivity contribution >= 4 is 59.5 Å². The summed E-state index contributed by atoms with van der Waals surface area (Å²) < 4.78 is 73.7. The Bertz CT molecular complexity index is 1610. The Morgan fingerprint density at radius 1 is 0.417 bits per heavy atom. The Balaban J connectivity index is 3.95. The first-order chi connectivity index (χ1) is 28.1. The fourth-order valence-corrected chi connectivity index (χ4v) is 15.8. The van der Waals surface area contributed by atoms with Crippen molar-refractivity contribution in [3.63, 3.8) is 0 Å². The van der Waals surface area contributed by atoms with E-state index in [1.54, 1.807) is 0 Å². The van der Waals surface area contributed by atoms with Crippen molar-refractivity contribution in [2.75, 3.05) is 79.3 Å². The van der Waals surface area contributed by atoms with E-state index in [2.05, 4.69) is 49.2 Å². The second-order valence-electron chi connectivity index (χ2n) is 12.6. The molecule has 0 unspecified atom stereocenters. The molecule has 0 fully saturated rings. The summed E-state index contributed by atoms with van der Waals surface area (Å²) in [5.41, 5.74) is 0.679. The molecule has 1 heterocycles. The van der Waals surface area contributed by atoms with Crippen molar-refractivity contribution in [1.82, 2.24) is 9.72 Å². The van der Waals surface area contributed by atoms with Gasteiger partial charge in [-0.1, -0.05) is 0 Å². The number of esters is 6. The molecule has 0 radical (unpaired) electrons. The van der Waals surface area contributed by atoms with Crippen LogP contribution in [-0.4, -0.2) is 115 Å². The molecule has 1 aliphatic rings. The van der Waals surface area contributed by atoms with Gasteiger partial charge in [-0.25, -0.2) is 0 Å². The number of carbonyl (C=O) groups is 6. The van der Waals surface area contributed by atoms with Gasteiger partial charge in [0.1, 0.15) is 0 Å². The van der Waals surface area contributed by atoms with Crippen LogP contribution in [0.5, 0.6) is 0 Å². The van der Waals surface area contributed by atoms with Gasteiger partial charge in [-0.3, -0.25) is 0 Å². The third kappa shape index (κ3) is 20.5. The van der Waals surface area contributed by atoms with Crippen molar-refractivity contribution in [2.24, 2.45) is 4.52 Å². The summed E-state index contributed by atoms with van der Waals surface area (Å²) in [6.07, 6.45) is 0. The molecular formula is C36H58N3O18P3. The van der Waals surface area contributed by atoms with Gasteiger partial charge in [0.2, 0.25) is 0 Å². The normalized spacial score (nSPS) is 15.6.